The van der Waals surface area contributed by atoms with E-state index in [-0.39, 0.29) is 30.9 Å². The largest absolute Gasteiger partial charge is 0.483 e. The molecule has 2 aromatic carbocycles. The molecule has 8 nitrogen and oxygen atoms in total. The van der Waals surface area contributed by atoms with Gasteiger partial charge in [-0.2, -0.15) is 10.1 Å². The number of nitrogens with zero attached hydrogens (tertiary/aromatic N) is 3. The molecule has 0 radical (unpaired) electrons. The van der Waals surface area contributed by atoms with E-state index < -0.39 is 0 Å². The van der Waals surface area contributed by atoms with Gasteiger partial charge in [-0.25, -0.2) is 4.68 Å². The third-order valence-corrected chi connectivity index (χ3v) is 4.98. The molecule has 2 amide bonds. The van der Waals surface area contributed by atoms with Crippen molar-refractivity contribution >= 4 is 39.4 Å². The summed E-state index contributed by atoms with van der Waals surface area (Å²) in [6.45, 7) is 1.80. The third-order valence-electron chi connectivity index (χ3n) is 4.49. The molecule has 29 heavy (non-hydrogen) atoms. The minimum Gasteiger partial charge on any atom is -0.483 e. The summed E-state index contributed by atoms with van der Waals surface area (Å²) in [5, 5.41) is 9.73. The first-order valence-electron chi connectivity index (χ1n) is 8.98. The second-order valence-corrected chi connectivity index (χ2v) is 7.60. The van der Waals surface area contributed by atoms with E-state index in [9.17, 15) is 9.59 Å². The molecule has 1 atom stereocenters. The van der Waals surface area contributed by atoms with Crippen LogP contribution in [0.2, 0.25) is 0 Å². The van der Waals surface area contributed by atoms with E-state index in [2.05, 4.69) is 36.6 Å². The Bertz CT molecular complexity index is 1080. The zero-order valence-corrected chi connectivity index (χ0v) is 17.1. The zero-order valence-electron chi connectivity index (χ0n) is 15.6. The average molecular weight is 456 g/mol. The van der Waals surface area contributed by atoms with Gasteiger partial charge >= 0.3 is 0 Å². The highest BCUT2D eigenvalue weighted by Crippen LogP contribution is 2.36. The highest BCUT2D eigenvalue weighted by atomic mass is 79.9. The number of carbonyl (C=O) groups excluding carboxylic acids is 2. The predicted molar refractivity (Wildman–Crippen MR) is 111 cm³/mol. The maximum Gasteiger partial charge on any atom is 0.262 e. The number of hydrogen-bond acceptors (Lipinski definition) is 5. The summed E-state index contributed by atoms with van der Waals surface area (Å²) in [6.07, 6.45) is 1.58. The topological polar surface area (TPSA) is 98.1 Å². The lowest BCUT2D eigenvalue weighted by Crippen LogP contribution is -2.30. The van der Waals surface area contributed by atoms with Gasteiger partial charge in [0.15, 0.2) is 6.61 Å². The monoisotopic (exact) mass is 455 g/mol. The van der Waals surface area contributed by atoms with E-state index in [1.165, 1.54) is 6.33 Å². The van der Waals surface area contributed by atoms with E-state index in [0.29, 0.717) is 17.4 Å². The molecule has 3 aromatic rings. The molecule has 2 N–H and O–H groups in total. The highest BCUT2D eigenvalue weighted by Gasteiger charge is 2.30. The first-order valence-corrected chi connectivity index (χ1v) is 9.77. The van der Waals surface area contributed by atoms with Gasteiger partial charge in [-0.05, 0) is 42.8 Å². The normalized spacial score (nSPS) is 15.4. The number of carbonyl (C=O) groups is 2. The van der Waals surface area contributed by atoms with Crippen LogP contribution in [0.3, 0.4) is 0 Å². The molecule has 0 aliphatic carbocycles. The molecule has 2 heterocycles. The van der Waals surface area contributed by atoms with Gasteiger partial charge in [0.25, 0.3) is 5.91 Å². The summed E-state index contributed by atoms with van der Waals surface area (Å²) >= 11 is 3.46. The Hall–Kier alpha value is -3.20. The SMILES string of the molecule is Cc1cccc(NC(=O)COc2ccc(Br)cc2[C@H]2CC(=O)Nc3ncnn32)c1. The lowest BCUT2D eigenvalue weighted by Gasteiger charge is -2.25. The number of aryl methyl sites for hydroxylation is 1. The number of benzene rings is 2. The number of nitrogens with one attached hydrogen (secondary N) is 2. The van der Waals surface area contributed by atoms with E-state index in [1.807, 2.05) is 43.3 Å². The van der Waals surface area contributed by atoms with Gasteiger partial charge in [-0.15, -0.1) is 0 Å². The van der Waals surface area contributed by atoms with Crippen LogP contribution < -0.4 is 15.4 Å². The molecule has 0 bridgehead atoms. The van der Waals surface area contributed by atoms with Crippen LogP contribution in [0, 0.1) is 6.92 Å². The van der Waals surface area contributed by atoms with E-state index in [0.717, 1.165) is 15.6 Å². The summed E-state index contributed by atoms with van der Waals surface area (Å²) in [6, 6.07) is 12.6. The number of halogens is 1. The maximum absolute atomic E-state index is 12.3. The summed E-state index contributed by atoms with van der Waals surface area (Å²) in [5.41, 5.74) is 2.51. The summed E-state index contributed by atoms with van der Waals surface area (Å²) in [7, 11) is 0. The average Bonchev–Trinajstić information content (AvgIpc) is 3.14. The van der Waals surface area contributed by atoms with Crippen LogP contribution in [0.15, 0.2) is 53.3 Å². The smallest absolute Gasteiger partial charge is 0.262 e. The van der Waals surface area contributed by atoms with Gasteiger partial charge in [-0.1, -0.05) is 28.1 Å². The van der Waals surface area contributed by atoms with Gasteiger partial charge in [0, 0.05) is 15.7 Å². The fourth-order valence-electron chi connectivity index (χ4n) is 3.22. The Balaban J connectivity index is 1.54. The number of fused-ring (bicyclic) bond motifs is 1. The quantitative estimate of drug-likeness (QED) is 0.614. The van der Waals surface area contributed by atoms with Crippen LogP contribution in [0.1, 0.15) is 23.6 Å². The minimum absolute atomic E-state index is 0.154. The minimum atomic E-state index is -0.381. The Morgan fingerprint density at radius 1 is 1.34 bits per heavy atom. The van der Waals surface area contributed by atoms with Crippen LogP contribution in [-0.4, -0.2) is 33.2 Å². The van der Waals surface area contributed by atoms with Crippen molar-refractivity contribution in [2.75, 3.05) is 17.2 Å². The number of rotatable bonds is 5. The van der Waals surface area contributed by atoms with Gasteiger partial charge in [0.1, 0.15) is 12.1 Å². The van der Waals surface area contributed by atoms with Crippen LogP contribution in [0.5, 0.6) is 5.75 Å². The van der Waals surface area contributed by atoms with Crippen molar-refractivity contribution in [3.63, 3.8) is 0 Å². The fraction of sp³-hybridized carbons (Fsp3) is 0.200. The van der Waals surface area contributed by atoms with E-state index >= 15 is 0 Å². The van der Waals surface area contributed by atoms with Gasteiger partial charge in [-0.3, -0.25) is 14.9 Å². The third kappa shape index (κ3) is 4.29. The molecular weight excluding hydrogens is 438 g/mol. The molecule has 0 unspecified atom stereocenters. The molecule has 0 saturated carbocycles. The Kier molecular flexibility index (Phi) is 5.30. The highest BCUT2D eigenvalue weighted by molar-refractivity contribution is 9.10. The van der Waals surface area contributed by atoms with Crippen molar-refractivity contribution in [2.45, 2.75) is 19.4 Å². The van der Waals surface area contributed by atoms with Crippen LogP contribution in [0.25, 0.3) is 0 Å². The molecule has 4 rings (SSSR count). The molecule has 0 saturated heterocycles. The number of amides is 2. The van der Waals surface area contributed by atoms with Crippen LogP contribution >= 0.6 is 15.9 Å². The summed E-state index contributed by atoms with van der Waals surface area (Å²) < 4.78 is 8.28. The molecule has 1 aliphatic rings. The molecular formula is C20H18BrN5O3. The zero-order chi connectivity index (χ0) is 20.4. The number of hydrogen-bond donors (Lipinski definition) is 2. The van der Waals surface area contributed by atoms with Crippen molar-refractivity contribution < 1.29 is 14.3 Å². The molecule has 148 valence electrons. The second-order valence-electron chi connectivity index (χ2n) is 6.68. The molecule has 1 aromatic heterocycles. The van der Waals surface area contributed by atoms with Crippen molar-refractivity contribution in [1.29, 1.82) is 0 Å². The van der Waals surface area contributed by atoms with Gasteiger partial charge in [0.05, 0.1) is 12.5 Å². The van der Waals surface area contributed by atoms with Crippen molar-refractivity contribution in [1.82, 2.24) is 14.8 Å². The number of aromatic nitrogens is 3. The maximum atomic E-state index is 12.3. The van der Waals surface area contributed by atoms with Gasteiger partial charge < -0.3 is 10.1 Å². The Labute approximate surface area is 175 Å². The first-order chi connectivity index (χ1) is 14.0. The van der Waals surface area contributed by atoms with E-state index in [4.69, 9.17) is 4.74 Å². The molecule has 0 spiro atoms. The lowest BCUT2D eigenvalue weighted by atomic mass is 10.0. The second kappa shape index (κ2) is 8.04. The molecule has 9 heteroatoms. The number of ether oxygens (including phenoxy) is 1. The van der Waals surface area contributed by atoms with Gasteiger partial charge in [0.2, 0.25) is 11.9 Å². The fourth-order valence-corrected chi connectivity index (χ4v) is 3.60. The Morgan fingerprint density at radius 2 is 2.21 bits per heavy atom. The predicted octanol–water partition coefficient (Wildman–Crippen LogP) is 3.30. The Morgan fingerprint density at radius 3 is 3.03 bits per heavy atom. The number of anilines is 2. The van der Waals surface area contributed by atoms with Crippen molar-refractivity contribution in [2.24, 2.45) is 0 Å². The molecule has 0 fully saturated rings. The van der Waals surface area contributed by atoms with Crippen LogP contribution in [-0.2, 0) is 9.59 Å². The summed E-state index contributed by atoms with van der Waals surface area (Å²) in [4.78, 5) is 28.5. The van der Waals surface area contributed by atoms with Crippen molar-refractivity contribution in [3.8, 4) is 5.75 Å². The van der Waals surface area contributed by atoms with Crippen LogP contribution in [0.4, 0.5) is 11.6 Å². The van der Waals surface area contributed by atoms with E-state index in [1.54, 1.807) is 10.7 Å². The van der Waals surface area contributed by atoms with Crippen molar-refractivity contribution in [3.05, 3.63) is 64.4 Å². The first kappa shape index (κ1) is 19.1. The molecule has 1 aliphatic heterocycles. The standard InChI is InChI=1S/C20H18BrN5O3/c1-12-3-2-4-14(7-12)24-19(28)10-29-17-6-5-13(21)8-15(17)16-9-18(27)25-20-22-11-23-26(16)20/h2-8,11,16H,9-10H2,1H3,(H,24,28)(H,22,23,25,27)/t16-/m1/s1. The summed E-state index contributed by atoms with van der Waals surface area (Å²) in [5.74, 6) is 0.467. The lowest BCUT2D eigenvalue weighted by molar-refractivity contribution is -0.118.